The number of oxazole rings is 1. The zero-order chi connectivity index (χ0) is 12.5. The third-order valence-electron chi connectivity index (χ3n) is 2.67. The maximum absolute atomic E-state index is 10.1. The Labute approximate surface area is 108 Å². The number of aromatic nitrogens is 2. The topological polar surface area (TPSA) is 59.2 Å². The highest BCUT2D eigenvalue weighted by Crippen LogP contribution is 2.25. The van der Waals surface area contributed by atoms with Crippen molar-refractivity contribution in [2.45, 2.75) is 19.4 Å². The number of para-hydroxylation sites is 2. The number of fused-ring (bicyclic) bond motifs is 1. The van der Waals surface area contributed by atoms with Crippen LogP contribution in [0.3, 0.4) is 0 Å². The van der Waals surface area contributed by atoms with Crippen molar-refractivity contribution in [1.82, 2.24) is 9.97 Å². The number of aliphatic hydroxyl groups is 1. The standard InChI is InChI=1S/C13H12N2O2S/c1-8-14-7-12(18-8)10(16)6-13-15-9-4-2-3-5-11(9)17-13/h2-5,7,10,16H,6H2,1H3. The predicted molar refractivity (Wildman–Crippen MR) is 69.5 cm³/mol. The van der Waals surface area contributed by atoms with Gasteiger partial charge in [0.15, 0.2) is 11.5 Å². The Morgan fingerprint density at radius 2 is 2.22 bits per heavy atom. The van der Waals surface area contributed by atoms with E-state index in [1.54, 1.807) is 6.20 Å². The van der Waals surface area contributed by atoms with Crippen molar-refractivity contribution in [3.63, 3.8) is 0 Å². The molecule has 0 aliphatic rings. The molecule has 0 amide bonds. The molecule has 18 heavy (non-hydrogen) atoms. The Kier molecular flexibility index (Phi) is 2.85. The van der Waals surface area contributed by atoms with Crippen molar-refractivity contribution < 1.29 is 9.52 Å². The first-order chi connectivity index (χ1) is 8.72. The molecule has 0 bridgehead atoms. The quantitative estimate of drug-likeness (QED) is 0.786. The number of hydrogen-bond donors (Lipinski definition) is 1. The summed E-state index contributed by atoms with van der Waals surface area (Å²) in [6, 6.07) is 7.58. The van der Waals surface area contributed by atoms with Crippen LogP contribution in [-0.2, 0) is 6.42 Å². The van der Waals surface area contributed by atoms with Gasteiger partial charge in [-0.1, -0.05) is 12.1 Å². The summed E-state index contributed by atoms with van der Waals surface area (Å²) in [5.74, 6) is 0.551. The predicted octanol–water partition coefficient (Wildman–Crippen LogP) is 2.87. The second-order valence-corrected chi connectivity index (χ2v) is 5.34. The summed E-state index contributed by atoms with van der Waals surface area (Å²) >= 11 is 1.49. The van der Waals surface area contributed by atoms with Crippen molar-refractivity contribution in [2.75, 3.05) is 0 Å². The lowest BCUT2D eigenvalue weighted by atomic mass is 10.2. The number of aryl methyl sites for hydroxylation is 1. The van der Waals surface area contributed by atoms with Gasteiger partial charge >= 0.3 is 0 Å². The minimum absolute atomic E-state index is 0.371. The lowest BCUT2D eigenvalue weighted by Gasteiger charge is -2.03. The van der Waals surface area contributed by atoms with Crippen molar-refractivity contribution in [3.05, 3.63) is 46.2 Å². The second kappa shape index (κ2) is 4.51. The van der Waals surface area contributed by atoms with Gasteiger partial charge in [0.05, 0.1) is 22.4 Å². The van der Waals surface area contributed by atoms with Gasteiger partial charge in [0.2, 0.25) is 0 Å². The average Bonchev–Trinajstić information content (AvgIpc) is 2.94. The minimum Gasteiger partial charge on any atom is -0.441 e. The normalized spacial score (nSPS) is 13.0. The molecule has 3 rings (SSSR count). The highest BCUT2D eigenvalue weighted by Gasteiger charge is 2.15. The minimum atomic E-state index is -0.607. The van der Waals surface area contributed by atoms with Gasteiger partial charge in [0.1, 0.15) is 5.52 Å². The number of thiazole rings is 1. The summed E-state index contributed by atoms with van der Waals surface area (Å²) in [6.07, 6.45) is 1.47. The second-order valence-electron chi connectivity index (χ2n) is 4.08. The lowest BCUT2D eigenvalue weighted by molar-refractivity contribution is 0.173. The molecule has 0 saturated heterocycles. The fourth-order valence-corrected chi connectivity index (χ4v) is 2.58. The molecule has 4 nitrogen and oxygen atoms in total. The van der Waals surface area contributed by atoms with Crippen LogP contribution in [-0.4, -0.2) is 15.1 Å². The van der Waals surface area contributed by atoms with Crippen molar-refractivity contribution in [3.8, 4) is 0 Å². The molecule has 1 atom stereocenters. The van der Waals surface area contributed by atoms with Gasteiger partial charge in [0, 0.05) is 6.20 Å². The first-order valence-electron chi connectivity index (χ1n) is 5.67. The first kappa shape index (κ1) is 11.4. The van der Waals surface area contributed by atoms with Crippen molar-refractivity contribution in [2.24, 2.45) is 0 Å². The highest BCUT2D eigenvalue weighted by atomic mass is 32.1. The van der Waals surface area contributed by atoms with E-state index in [1.807, 2.05) is 31.2 Å². The third-order valence-corrected chi connectivity index (χ3v) is 3.69. The largest absolute Gasteiger partial charge is 0.441 e. The third kappa shape index (κ3) is 2.14. The van der Waals surface area contributed by atoms with Crippen LogP contribution in [0, 0.1) is 6.92 Å². The van der Waals surface area contributed by atoms with Gasteiger partial charge < -0.3 is 9.52 Å². The van der Waals surface area contributed by atoms with Gasteiger partial charge in [-0.05, 0) is 19.1 Å². The van der Waals surface area contributed by atoms with E-state index in [-0.39, 0.29) is 0 Å². The van der Waals surface area contributed by atoms with Crippen molar-refractivity contribution in [1.29, 1.82) is 0 Å². The van der Waals surface area contributed by atoms with Crippen LogP contribution in [0.1, 0.15) is 21.9 Å². The summed E-state index contributed by atoms with van der Waals surface area (Å²) < 4.78 is 5.58. The number of nitrogens with zero attached hydrogens (tertiary/aromatic N) is 2. The summed E-state index contributed by atoms with van der Waals surface area (Å²) in [4.78, 5) is 9.31. The summed E-state index contributed by atoms with van der Waals surface area (Å²) in [5, 5.41) is 11.0. The van der Waals surface area contributed by atoms with Crippen LogP contribution in [0.25, 0.3) is 11.1 Å². The van der Waals surface area contributed by atoms with Crippen LogP contribution in [0.5, 0.6) is 0 Å². The van der Waals surface area contributed by atoms with E-state index >= 15 is 0 Å². The summed E-state index contributed by atoms with van der Waals surface area (Å²) in [7, 11) is 0. The molecule has 2 aromatic heterocycles. The SMILES string of the molecule is Cc1ncc(C(O)Cc2nc3ccccc3o2)s1. The van der Waals surface area contributed by atoms with Crippen LogP contribution in [0.2, 0.25) is 0 Å². The van der Waals surface area contributed by atoms with E-state index in [0.717, 1.165) is 21.0 Å². The van der Waals surface area contributed by atoms with E-state index in [0.29, 0.717) is 12.3 Å². The molecule has 1 N–H and O–H groups in total. The Morgan fingerprint density at radius 1 is 1.39 bits per heavy atom. The number of hydrogen-bond acceptors (Lipinski definition) is 5. The molecule has 0 saturated carbocycles. The maximum atomic E-state index is 10.1. The van der Waals surface area contributed by atoms with Gasteiger partial charge in [-0.2, -0.15) is 0 Å². The van der Waals surface area contributed by atoms with E-state index < -0.39 is 6.10 Å². The molecule has 0 radical (unpaired) electrons. The van der Waals surface area contributed by atoms with Crippen LogP contribution >= 0.6 is 11.3 Å². The molecule has 0 aliphatic carbocycles. The van der Waals surface area contributed by atoms with E-state index in [1.165, 1.54) is 11.3 Å². The molecule has 1 unspecified atom stereocenters. The average molecular weight is 260 g/mol. The molecular weight excluding hydrogens is 248 g/mol. The van der Waals surface area contributed by atoms with E-state index in [2.05, 4.69) is 9.97 Å². The van der Waals surface area contributed by atoms with Crippen LogP contribution in [0.4, 0.5) is 0 Å². The van der Waals surface area contributed by atoms with Crippen LogP contribution in [0.15, 0.2) is 34.9 Å². The highest BCUT2D eigenvalue weighted by molar-refractivity contribution is 7.11. The molecule has 2 heterocycles. The Balaban J connectivity index is 1.83. The lowest BCUT2D eigenvalue weighted by Crippen LogP contribution is -1.99. The summed E-state index contributed by atoms with van der Waals surface area (Å²) in [5.41, 5.74) is 1.57. The molecule has 0 aliphatic heterocycles. The Hall–Kier alpha value is -1.72. The van der Waals surface area contributed by atoms with Gasteiger partial charge in [-0.3, -0.25) is 0 Å². The fourth-order valence-electron chi connectivity index (χ4n) is 1.81. The summed E-state index contributed by atoms with van der Waals surface area (Å²) in [6.45, 7) is 1.92. The van der Waals surface area contributed by atoms with Gasteiger partial charge in [-0.15, -0.1) is 11.3 Å². The van der Waals surface area contributed by atoms with Gasteiger partial charge in [-0.25, -0.2) is 9.97 Å². The van der Waals surface area contributed by atoms with Crippen LogP contribution < -0.4 is 0 Å². The van der Waals surface area contributed by atoms with Gasteiger partial charge in [0.25, 0.3) is 0 Å². The van der Waals surface area contributed by atoms with Crippen molar-refractivity contribution >= 4 is 22.4 Å². The zero-order valence-electron chi connectivity index (χ0n) is 9.83. The molecule has 5 heteroatoms. The molecule has 0 spiro atoms. The number of benzene rings is 1. The van der Waals surface area contributed by atoms with E-state index in [9.17, 15) is 5.11 Å². The smallest absolute Gasteiger partial charge is 0.198 e. The number of rotatable bonds is 3. The Morgan fingerprint density at radius 3 is 2.94 bits per heavy atom. The first-order valence-corrected chi connectivity index (χ1v) is 6.49. The maximum Gasteiger partial charge on any atom is 0.198 e. The molecular formula is C13H12N2O2S. The van der Waals surface area contributed by atoms with E-state index in [4.69, 9.17) is 4.42 Å². The molecule has 92 valence electrons. The molecule has 3 aromatic rings. The zero-order valence-corrected chi connectivity index (χ0v) is 10.6. The monoisotopic (exact) mass is 260 g/mol. The molecule has 0 fully saturated rings. The number of aliphatic hydroxyl groups excluding tert-OH is 1. The molecule has 1 aromatic carbocycles. The fraction of sp³-hybridized carbons (Fsp3) is 0.231. The Bertz CT molecular complexity index is 641.